The lowest BCUT2D eigenvalue weighted by atomic mass is 10.2. The fraction of sp³-hybridized carbons (Fsp3) is 0.333. The van der Waals surface area contributed by atoms with Crippen LogP contribution >= 0.6 is 0 Å². The normalized spacial score (nSPS) is 11.7. The lowest BCUT2D eigenvalue weighted by Gasteiger charge is -2.22. The summed E-state index contributed by atoms with van der Waals surface area (Å²) < 4.78 is 13.3. The molecule has 27 heavy (non-hydrogen) atoms. The van der Waals surface area contributed by atoms with E-state index >= 15 is 0 Å². The summed E-state index contributed by atoms with van der Waals surface area (Å²) in [7, 11) is 1.81. The van der Waals surface area contributed by atoms with E-state index in [2.05, 4.69) is 5.32 Å². The molecule has 2 aromatic rings. The minimum absolute atomic E-state index is 0.0672. The zero-order valence-corrected chi connectivity index (χ0v) is 16.1. The number of nitrogens with one attached hydrogen (secondary N) is 2. The second kappa shape index (κ2) is 9.83. The van der Waals surface area contributed by atoms with Crippen LogP contribution in [0.2, 0.25) is 0 Å². The third kappa shape index (κ3) is 6.83. The van der Waals surface area contributed by atoms with Gasteiger partial charge in [-0.3, -0.25) is 9.59 Å². The molecule has 2 amide bonds. The van der Waals surface area contributed by atoms with E-state index in [1.54, 1.807) is 17.0 Å². The highest BCUT2D eigenvalue weighted by Crippen LogP contribution is 2.08. The Labute approximate surface area is 159 Å². The zero-order chi connectivity index (χ0) is 19.8. The van der Waals surface area contributed by atoms with Crippen molar-refractivity contribution in [3.63, 3.8) is 0 Å². The van der Waals surface area contributed by atoms with E-state index in [4.69, 9.17) is 0 Å². The molecule has 0 saturated heterocycles. The van der Waals surface area contributed by atoms with Gasteiger partial charge < -0.3 is 15.1 Å². The summed E-state index contributed by atoms with van der Waals surface area (Å²) in [6.45, 7) is 5.14. The molecule has 0 aromatic heterocycles. The van der Waals surface area contributed by atoms with Crippen LogP contribution in [-0.2, 0) is 16.1 Å². The highest BCUT2D eigenvalue weighted by atomic mass is 19.1. The van der Waals surface area contributed by atoms with E-state index < -0.39 is 0 Å². The molecule has 0 aliphatic carbocycles. The van der Waals surface area contributed by atoms with Crippen LogP contribution in [-0.4, -0.2) is 43.4 Å². The standard InChI is InChI=1S/C21H26FN3O2/c1-4-25(13-17-6-5-7-18(22)12-17)21(27)15-24(3)14-20(26)23-19-10-8-16(2)9-11-19/h5-12H,4,13-15H2,1-3H3,(H,23,26)/p+1. The zero-order valence-electron chi connectivity index (χ0n) is 16.1. The first-order valence-corrected chi connectivity index (χ1v) is 9.07. The first-order valence-electron chi connectivity index (χ1n) is 9.07. The van der Waals surface area contributed by atoms with Crippen molar-refractivity contribution in [2.24, 2.45) is 0 Å². The van der Waals surface area contributed by atoms with Crippen LogP contribution in [0.3, 0.4) is 0 Å². The number of amides is 2. The topological polar surface area (TPSA) is 53.9 Å². The minimum atomic E-state index is -0.313. The van der Waals surface area contributed by atoms with Crippen LogP contribution in [0.1, 0.15) is 18.1 Å². The lowest BCUT2D eigenvalue weighted by Crippen LogP contribution is -3.11. The molecule has 0 radical (unpaired) electrons. The van der Waals surface area contributed by atoms with Crippen molar-refractivity contribution in [3.05, 3.63) is 65.5 Å². The predicted octanol–water partition coefficient (Wildman–Crippen LogP) is 1.64. The number of benzene rings is 2. The van der Waals surface area contributed by atoms with E-state index in [1.165, 1.54) is 12.1 Å². The smallest absolute Gasteiger partial charge is 0.279 e. The number of rotatable bonds is 8. The van der Waals surface area contributed by atoms with Crippen molar-refractivity contribution in [1.29, 1.82) is 0 Å². The molecular formula is C21H27FN3O2+. The highest BCUT2D eigenvalue weighted by Gasteiger charge is 2.19. The number of hydrogen-bond donors (Lipinski definition) is 2. The van der Waals surface area contributed by atoms with Crippen molar-refractivity contribution < 1.29 is 18.9 Å². The van der Waals surface area contributed by atoms with Crippen LogP contribution in [0.15, 0.2) is 48.5 Å². The van der Waals surface area contributed by atoms with E-state index in [0.29, 0.717) is 13.1 Å². The number of likely N-dealkylation sites (N-methyl/N-ethyl adjacent to an activating group) is 2. The summed E-state index contributed by atoms with van der Waals surface area (Å²) in [5.74, 6) is -0.522. The first-order chi connectivity index (χ1) is 12.9. The van der Waals surface area contributed by atoms with Gasteiger partial charge in [-0.15, -0.1) is 0 Å². The Morgan fingerprint density at radius 2 is 1.81 bits per heavy atom. The molecule has 0 bridgehead atoms. The fourth-order valence-electron chi connectivity index (χ4n) is 2.78. The number of carbonyl (C=O) groups excluding carboxylic acids is 2. The molecule has 1 atom stereocenters. The maximum atomic E-state index is 13.3. The van der Waals surface area contributed by atoms with Crippen LogP contribution < -0.4 is 10.2 Å². The van der Waals surface area contributed by atoms with Gasteiger partial charge >= 0.3 is 0 Å². The summed E-state index contributed by atoms with van der Waals surface area (Å²) in [5, 5.41) is 2.84. The predicted molar refractivity (Wildman–Crippen MR) is 104 cm³/mol. The molecule has 0 fully saturated rings. The molecular weight excluding hydrogens is 345 g/mol. The van der Waals surface area contributed by atoms with Gasteiger partial charge in [0.2, 0.25) is 0 Å². The van der Waals surface area contributed by atoms with Gasteiger partial charge in [-0.2, -0.15) is 0 Å². The van der Waals surface area contributed by atoms with Gasteiger partial charge in [0.1, 0.15) is 5.82 Å². The Bertz CT molecular complexity index is 777. The van der Waals surface area contributed by atoms with Crippen LogP contribution in [0.4, 0.5) is 10.1 Å². The maximum Gasteiger partial charge on any atom is 0.279 e. The number of quaternary nitrogens is 1. The quantitative estimate of drug-likeness (QED) is 0.740. The molecule has 2 aromatic carbocycles. The van der Waals surface area contributed by atoms with Crippen LogP contribution in [0.5, 0.6) is 0 Å². The molecule has 5 nitrogen and oxygen atoms in total. The Morgan fingerprint density at radius 1 is 1.11 bits per heavy atom. The monoisotopic (exact) mass is 372 g/mol. The number of nitrogens with zero attached hydrogens (tertiary/aromatic N) is 1. The number of anilines is 1. The summed E-state index contributed by atoms with van der Waals surface area (Å²) in [4.78, 5) is 27.1. The van der Waals surface area contributed by atoms with Crippen molar-refractivity contribution in [2.45, 2.75) is 20.4 Å². The summed E-state index contributed by atoms with van der Waals surface area (Å²) in [5.41, 5.74) is 2.62. The van der Waals surface area contributed by atoms with E-state index in [1.807, 2.05) is 45.2 Å². The van der Waals surface area contributed by atoms with Gasteiger partial charge in [0.05, 0.1) is 7.05 Å². The first kappa shape index (κ1) is 20.6. The van der Waals surface area contributed by atoms with E-state index in [-0.39, 0.29) is 30.7 Å². The summed E-state index contributed by atoms with van der Waals surface area (Å²) in [6.07, 6.45) is 0. The maximum absolute atomic E-state index is 13.3. The molecule has 0 aliphatic rings. The molecule has 144 valence electrons. The molecule has 2 N–H and O–H groups in total. The average molecular weight is 372 g/mol. The van der Waals surface area contributed by atoms with E-state index in [0.717, 1.165) is 21.7 Å². The SMILES string of the molecule is CCN(Cc1cccc(F)c1)C(=O)C[NH+](C)CC(=O)Nc1ccc(C)cc1. The van der Waals surface area contributed by atoms with Gasteiger partial charge in [-0.1, -0.05) is 29.8 Å². The van der Waals surface area contributed by atoms with Gasteiger partial charge in [-0.05, 0) is 43.7 Å². The summed E-state index contributed by atoms with van der Waals surface area (Å²) >= 11 is 0. The molecule has 1 unspecified atom stereocenters. The third-order valence-electron chi connectivity index (χ3n) is 4.25. The van der Waals surface area contributed by atoms with Crippen molar-refractivity contribution in [1.82, 2.24) is 4.90 Å². The highest BCUT2D eigenvalue weighted by molar-refractivity contribution is 5.91. The second-order valence-electron chi connectivity index (χ2n) is 6.76. The number of hydrogen-bond acceptors (Lipinski definition) is 2. The molecule has 0 heterocycles. The Hall–Kier alpha value is -2.73. The largest absolute Gasteiger partial charge is 0.334 e. The number of aryl methyl sites for hydroxylation is 1. The number of halogens is 1. The van der Waals surface area contributed by atoms with Crippen molar-refractivity contribution in [3.8, 4) is 0 Å². The second-order valence-corrected chi connectivity index (χ2v) is 6.76. The van der Waals surface area contributed by atoms with Crippen molar-refractivity contribution >= 4 is 17.5 Å². The molecule has 0 aliphatic heterocycles. The molecule has 6 heteroatoms. The van der Waals surface area contributed by atoms with Crippen LogP contribution in [0, 0.1) is 12.7 Å². The Morgan fingerprint density at radius 3 is 2.44 bits per heavy atom. The Kier molecular flexibility index (Phi) is 7.49. The van der Waals surface area contributed by atoms with Crippen molar-refractivity contribution in [2.75, 3.05) is 32.0 Å². The van der Waals surface area contributed by atoms with Gasteiger partial charge in [0, 0.05) is 18.8 Å². The fourth-order valence-corrected chi connectivity index (χ4v) is 2.78. The lowest BCUT2D eigenvalue weighted by molar-refractivity contribution is -0.862. The summed E-state index contributed by atoms with van der Waals surface area (Å²) in [6, 6.07) is 13.8. The molecule has 0 spiro atoms. The molecule has 2 rings (SSSR count). The third-order valence-corrected chi connectivity index (χ3v) is 4.25. The number of carbonyl (C=O) groups is 2. The van der Waals surface area contributed by atoms with Crippen LogP contribution in [0.25, 0.3) is 0 Å². The minimum Gasteiger partial charge on any atom is -0.334 e. The molecule has 0 saturated carbocycles. The van der Waals surface area contributed by atoms with Gasteiger partial charge in [0.15, 0.2) is 13.1 Å². The Balaban J connectivity index is 1.85. The van der Waals surface area contributed by atoms with Gasteiger partial charge in [0.25, 0.3) is 11.8 Å². The average Bonchev–Trinajstić information content (AvgIpc) is 2.61. The van der Waals surface area contributed by atoms with E-state index in [9.17, 15) is 14.0 Å². The van der Waals surface area contributed by atoms with Gasteiger partial charge in [-0.25, -0.2) is 4.39 Å².